The number of halogens is 1. The van der Waals surface area contributed by atoms with E-state index in [9.17, 15) is 0 Å². The third-order valence-electron chi connectivity index (χ3n) is 1.70. The van der Waals surface area contributed by atoms with E-state index in [2.05, 4.69) is 20.8 Å². The molecule has 0 aliphatic rings. The molecule has 0 aliphatic heterocycles. The molecule has 0 unspecified atom stereocenters. The van der Waals surface area contributed by atoms with Crippen LogP contribution in [-0.4, -0.2) is 26.0 Å². The lowest BCUT2D eigenvalue weighted by Gasteiger charge is -2.12. The summed E-state index contributed by atoms with van der Waals surface area (Å²) < 4.78 is 5.42. The van der Waals surface area contributed by atoms with Crippen molar-refractivity contribution >= 4 is 21.6 Å². The van der Waals surface area contributed by atoms with Crippen LogP contribution in [-0.2, 0) is 0 Å². The molecular formula is C10H14BrNO. The van der Waals surface area contributed by atoms with Crippen LogP contribution in [0.4, 0.5) is 5.69 Å². The Hall–Kier alpha value is -0.700. The van der Waals surface area contributed by atoms with Crippen molar-refractivity contribution in [1.82, 2.24) is 0 Å². The van der Waals surface area contributed by atoms with Crippen LogP contribution in [0.2, 0.25) is 0 Å². The molecule has 0 N–H and O–H groups in total. The first-order valence-corrected chi connectivity index (χ1v) is 5.32. The van der Waals surface area contributed by atoms with Crippen LogP contribution in [0.3, 0.4) is 0 Å². The molecule has 0 aromatic heterocycles. The van der Waals surface area contributed by atoms with Gasteiger partial charge < -0.3 is 9.64 Å². The summed E-state index contributed by atoms with van der Waals surface area (Å²) in [5.74, 6) is 0.921. The number of ether oxygens (including phenoxy) is 1. The second-order valence-corrected chi connectivity index (χ2v) is 3.72. The SMILES string of the molecule is CN(C)c1ccc(OCCBr)cc1. The van der Waals surface area contributed by atoms with E-state index in [4.69, 9.17) is 4.74 Å². The average Bonchev–Trinajstić information content (AvgIpc) is 2.15. The minimum absolute atomic E-state index is 0.710. The molecule has 0 aliphatic carbocycles. The Kier molecular flexibility index (Phi) is 4.09. The van der Waals surface area contributed by atoms with Gasteiger partial charge in [-0.05, 0) is 24.3 Å². The highest BCUT2D eigenvalue weighted by molar-refractivity contribution is 9.09. The molecule has 0 spiro atoms. The predicted molar refractivity (Wildman–Crippen MR) is 60.1 cm³/mol. The van der Waals surface area contributed by atoms with E-state index in [1.807, 2.05) is 38.4 Å². The van der Waals surface area contributed by atoms with Crippen LogP contribution in [0.1, 0.15) is 0 Å². The predicted octanol–water partition coefficient (Wildman–Crippen LogP) is 2.53. The number of benzene rings is 1. The van der Waals surface area contributed by atoms with E-state index < -0.39 is 0 Å². The van der Waals surface area contributed by atoms with Gasteiger partial charge in [-0.25, -0.2) is 0 Å². The summed E-state index contributed by atoms with van der Waals surface area (Å²) in [6.45, 7) is 0.710. The largest absolute Gasteiger partial charge is 0.493 e. The first-order valence-electron chi connectivity index (χ1n) is 4.20. The molecule has 1 aromatic rings. The van der Waals surface area contributed by atoms with Crippen molar-refractivity contribution in [2.75, 3.05) is 30.9 Å². The molecular weight excluding hydrogens is 230 g/mol. The van der Waals surface area contributed by atoms with Crippen LogP contribution >= 0.6 is 15.9 Å². The monoisotopic (exact) mass is 243 g/mol. The van der Waals surface area contributed by atoms with Gasteiger partial charge >= 0.3 is 0 Å². The summed E-state index contributed by atoms with van der Waals surface area (Å²) in [4.78, 5) is 2.06. The third-order valence-corrected chi connectivity index (χ3v) is 2.02. The van der Waals surface area contributed by atoms with Crippen molar-refractivity contribution in [3.05, 3.63) is 24.3 Å². The molecule has 1 rings (SSSR count). The van der Waals surface area contributed by atoms with E-state index in [-0.39, 0.29) is 0 Å². The van der Waals surface area contributed by atoms with Gasteiger partial charge in [0, 0.05) is 25.1 Å². The fourth-order valence-corrected chi connectivity index (χ4v) is 1.16. The van der Waals surface area contributed by atoms with E-state index in [1.165, 1.54) is 5.69 Å². The van der Waals surface area contributed by atoms with Gasteiger partial charge in [0.15, 0.2) is 0 Å². The number of alkyl halides is 1. The van der Waals surface area contributed by atoms with Gasteiger partial charge in [0.2, 0.25) is 0 Å². The lowest BCUT2D eigenvalue weighted by atomic mass is 10.3. The first-order chi connectivity index (χ1) is 6.24. The molecule has 0 atom stereocenters. The van der Waals surface area contributed by atoms with Crippen LogP contribution in [0, 0.1) is 0 Å². The smallest absolute Gasteiger partial charge is 0.119 e. The van der Waals surface area contributed by atoms with Crippen LogP contribution in [0.15, 0.2) is 24.3 Å². The van der Waals surface area contributed by atoms with Crippen LogP contribution in [0.25, 0.3) is 0 Å². The summed E-state index contributed by atoms with van der Waals surface area (Å²) in [7, 11) is 4.04. The highest BCUT2D eigenvalue weighted by Crippen LogP contribution is 2.17. The molecule has 0 heterocycles. The molecule has 1 aromatic carbocycles. The maximum absolute atomic E-state index is 5.42. The molecule has 0 amide bonds. The number of rotatable bonds is 4. The molecule has 2 nitrogen and oxygen atoms in total. The topological polar surface area (TPSA) is 12.5 Å². The van der Waals surface area contributed by atoms with Gasteiger partial charge in [0.25, 0.3) is 0 Å². The molecule has 13 heavy (non-hydrogen) atoms. The minimum Gasteiger partial charge on any atom is -0.493 e. The third kappa shape index (κ3) is 3.27. The standard InChI is InChI=1S/C10H14BrNO/c1-12(2)9-3-5-10(6-4-9)13-8-7-11/h3-6H,7-8H2,1-2H3. The summed E-state index contributed by atoms with van der Waals surface area (Å²) in [5.41, 5.74) is 1.19. The maximum Gasteiger partial charge on any atom is 0.119 e. The maximum atomic E-state index is 5.42. The summed E-state index contributed by atoms with van der Waals surface area (Å²) in [6.07, 6.45) is 0. The Labute approximate surface area is 87.6 Å². The summed E-state index contributed by atoms with van der Waals surface area (Å²) in [6, 6.07) is 8.06. The zero-order chi connectivity index (χ0) is 9.68. The van der Waals surface area contributed by atoms with Crippen molar-refractivity contribution in [2.24, 2.45) is 0 Å². The van der Waals surface area contributed by atoms with Crippen molar-refractivity contribution in [3.8, 4) is 5.75 Å². The molecule has 3 heteroatoms. The number of hydrogen-bond donors (Lipinski definition) is 0. The fraction of sp³-hybridized carbons (Fsp3) is 0.400. The van der Waals surface area contributed by atoms with E-state index in [0.717, 1.165) is 11.1 Å². The first kappa shape index (κ1) is 10.4. The Balaban J connectivity index is 2.59. The van der Waals surface area contributed by atoms with Crippen LogP contribution < -0.4 is 9.64 Å². The molecule has 0 fully saturated rings. The minimum atomic E-state index is 0.710. The van der Waals surface area contributed by atoms with Crippen molar-refractivity contribution in [3.63, 3.8) is 0 Å². The normalized spacial score (nSPS) is 9.77. The van der Waals surface area contributed by atoms with Gasteiger partial charge in [-0.2, -0.15) is 0 Å². The Morgan fingerprint density at radius 2 is 1.85 bits per heavy atom. The van der Waals surface area contributed by atoms with Gasteiger partial charge in [-0.3, -0.25) is 0 Å². The average molecular weight is 244 g/mol. The van der Waals surface area contributed by atoms with E-state index in [1.54, 1.807) is 0 Å². The second kappa shape index (κ2) is 5.12. The van der Waals surface area contributed by atoms with E-state index >= 15 is 0 Å². The number of hydrogen-bond acceptors (Lipinski definition) is 2. The van der Waals surface area contributed by atoms with Crippen molar-refractivity contribution < 1.29 is 4.74 Å². The second-order valence-electron chi connectivity index (χ2n) is 2.93. The summed E-state index contributed by atoms with van der Waals surface area (Å²) in [5, 5.41) is 0.864. The molecule has 0 radical (unpaired) electrons. The zero-order valence-corrected chi connectivity index (χ0v) is 9.54. The Morgan fingerprint density at radius 1 is 1.23 bits per heavy atom. The fourth-order valence-electron chi connectivity index (χ4n) is 0.997. The Bertz CT molecular complexity index is 246. The van der Waals surface area contributed by atoms with Crippen molar-refractivity contribution in [2.45, 2.75) is 0 Å². The molecule has 0 saturated carbocycles. The summed E-state index contributed by atoms with van der Waals surface area (Å²) >= 11 is 3.31. The van der Waals surface area contributed by atoms with Gasteiger partial charge in [-0.1, -0.05) is 15.9 Å². The lowest BCUT2D eigenvalue weighted by Crippen LogP contribution is -2.08. The quantitative estimate of drug-likeness (QED) is 0.754. The lowest BCUT2D eigenvalue weighted by molar-refractivity contribution is 0.345. The van der Waals surface area contributed by atoms with Gasteiger partial charge in [0.05, 0.1) is 6.61 Å². The number of anilines is 1. The van der Waals surface area contributed by atoms with Gasteiger partial charge in [-0.15, -0.1) is 0 Å². The van der Waals surface area contributed by atoms with E-state index in [0.29, 0.717) is 6.61 Å². The molecule has 72 valence electrons. The van der Waals surface area contributed by atoms with Crippen molar-refractivity contribution in [1.29, 1.82) is 0 Å². The van der Waals surface area contributed by atoms with Crippen LogP contribution in [0.5, 0.6) is 5.75 Å². The highest BCUT2D eigenvalue weighted by Gasteiger charge is 1.95. The number of nitrogens with zero attached hydrogens (tertiary/aromatic N) is 1. The Morgan fingerprint density at radius 3 is 2.31 bits per heavy atom. The van der Waals surface area contributed by atoms with Gasteiger partial charge in [0.1, 0.15) is 5.75 Å². The zero-order valence-electron chi connectivity index (χ0n) is 7.96. The molecule has 0 saturated heterocycles. The molecule has 0 bridgehead atoms. The highest BCUT2D eigenvalue weighted by atomic mass is 79.9.